The molecule has 41 heavy (non-hydrogen) atoms. The van der Waals surface area contributed by atoms with Crippen LogP contribution in [-0.4, -0.2) is 115 Å². The maximum Gasteiger partial charge on any atom is 0.255 e. The summed E-state index contributed by atoms with van der Waals surface area (Å²) in [5.74, 6) is -0.362. The Morgan fingerprint density at radius 3 is 2.27 bits per heavy atom. The molecule has 5 rings (SSSR count). The Kier molecular flexibility index (Phi) is 7.36. The summed E-state index contributed by atoms with van der Waals surface area (Å²) in [7, 11) is 14.0. The van der Waals surface area contributed by atoms with E-state index >= 15 is 0 Å². The molecule has 0 spiro atoms. The molecule has 0 radical (unpaired) electrons. The molecule has 2 fully saturated rings. The Bertz CT molecular complexity index is 1380. The van der Waals surface area contributed by atoms with E-state index in [1.54, 1.807) is 12.1 Å². The lowest BCUT2D eigenvalue weighted by molar-refractivity contribution is -0.220. The number of nitrogens with zero attached hydrogens (tertiary/aromatic N) is 2. The number of amides is 3. The summed E-state index contributed by atoms with van der Waals surface area (Å²) in [5, 5.41) is 12.2. The number of carbonyl (C=O) groups excluding carboxylic acids is 3. The Morgan fingerprint density at radius 2 is 1.61 bits per heavy atom. The van der Waals surface area contributed by atoms with Gasteiger partial charge in [0, 0.05) is 34.9 Å². The monoisotopic (exact) mass is 549 g/mol. The summed E-state index contributed by atoms with van der Waals surface area (Å²) in [5.41, 5.74) is 2.10. The van der Waals surface area contributed by atoms with Crippen LogP contribution in [0.4, 0.5) is 0 Å². The fourth-order valence-electron chi connectivity index (χ4n) is 6.18. The SMILES string of the molecule is BC1(B)OC(B)(B)C(B)(O)N(Cc2ccc(COc3cccc4c3CN(C3CCC(=O)NC3=O)C4=O)cc2)C1(B)B. The molecule has 0 bridgehead atoms. The third-order valence-electron chi connectivity index (χ3n) is 9.62. The first kappa shape index (κ1) is 29.7. The molecular formula is C25H34B7N3O6. The standard InChI is InChI=1S/C25H34B7N3O6/c26-22(27)23(28,29)41-24(30,31)25(32,39)35(22)10-13-4-6-14(7-5-13)12-40-18-3-1-2-15-16(18)11-34(21(15)38)17-8-9-19(36)33-20(17)37/h1-7,17,39H,8-12,26-32H2,(H,33,36,37). The minimum Gasteiger partial charge on any atom is -0.489 e. The number of morpholine rings is 1. The van der Waals surface area contributed by atoms with Crippen LogP contribution in [0.15, 0.2) is 42.5 Å². The highest BCUT2D eigenvalue weighted by Gasteiger charge is 2.59. The Hall–Kier alpha value is -2.82. The summed E-state index contributed by atoms with van der Waals surface area (Å²) in [6.45, 7) is 1.11. The van der Waals surface area contributed by atoms with E-state index in [-0.39, 0.29) is 24.8 Å². The van der Waals surface area contributed by atoms with Crippen molar-refractivity contribution in [3.63, 3.8) is 0 Å². The first-order valence-corrected chi connectivity index (χ1v) is 14.2. The molecule has 2 saturated heterocycles. The number of rotatable bonds is 6. The predicted molar refractivity (Wildman–Crippen MR) is 173 cm³/mol. The van der Waals surface area contributed by atoms with Gasteiger partial charge < -0.3 is 19.5 Å². The van der Waals surface area contributed by atoms with Crippen LogP contribution in [-0.2, 0) is 34.0 Å². The van der Waals surface area contributed by atoms with Crippen molar-refractivity contribution in [3.8, 4) is 5.75 Å². The van der Waals surface area contributed by atoms with Gasteiger partial charge in [-0.1, -0.05) is 30.3 Å². The third kappa shape index (κ3) is 5.08. The molecule has 9 nitrogen and oxygen atoms in total. The van der Waals surface area contributed by atoms with Crippen LogP contribution in [0, 0.1) is 0 Å². The zero-order valence-electron chi connectivity index (χ0n) is 25.0. The molecule has 2 aromatic carbocycles. The number of nitrogens with one attached hydrogen (secondary N) is 1. The zero-order valence-corrected chi connectivity index (χ0v) is 25.0. The van der Waals surface area contributed by atoms with E-state index < -0.39 is 33.7 Å². The lowest BCUT2D eigenvalue weighted by Gasteiger charge is -2.67. The second-order valence-corrected chi connectivity index (χ2v) is 13.1. The molecule has 2 aromatic rings. The average Bonchev–Trinajstić information content (AvgIpc) is 3.21. The summed E-state index contributed by atoms with van der Waals surface area (Å²) in [4.78, 5) is 40.7. The van der Waals surface area contributed by atoms with Crippen LogP contribution >= 0.6 is 0 Å². The number of hydrogen-bond donors (Lipinski definition) is 2. The highest BCUT2D eigenvalue weighted by atomic mass is 16.5. The fourth-order valence-corrected chi connectivity index (χ4v) is 6.18. The van der Waals surface area contributed by atoms with Crippen LogP contribution in [0.1, 0.15) is 39.9 Å². The Balaban J connectivity index is 1.28. The van der Waals surface area contributed by atoms with E-state index in [2.05, 4.69) is 41.6 Å². The second kappa shape index (κ2) is 10.2. The molecule has 3 aliphatic rings. The number of carbonyl (C=O) groups is 3. The minimum absolute atomic E-state index is 0.214. The molecule has 2 N–H and O–H groups in total. The van der Waals surface area contributed by atoms with Crippen LogP contribution in [0.25, 0.3) is 0 Å². The molecule has 3 amide bonds. The highest BCUT2D eigenvalue weighted by molar-refractivity contribution is 6.55. The quantitative estimate of drug-likeness (QED) is 0.274. The maximum absolute atomic E-state index is 13.1. The van der Waals surface area contributed by atoms with Gasteiger partial charge in [0.25, 0.3) is 5.91 Å². The van der Waals surface area contributed by atoms with Crippen molar-refractivity contribution in [1.82, 2.24) is 15.1 Å². The van der Waals surface area contributed by atoms with E-state index in [1.807, 2.05) is 53.9 Å². The molecular weight excluding hydrogens is 514 g/mol. The fraction of sp³-hybridized carbons (Fsp3) is 0.400. The molecule has 16 heteroatoms. The number of aliphatic hydroxyl groups is 1. The Labute approximate surface area is 247 Å². The van der Waals surface area contributed by atoms with Crippen LogP contribution in [0.2, 0.25) is 0 Å². The minimum atomic E-state index is -1.19. The number of hydrogen-bond acceptors (Lipinski definition) is 7. The van der Waals surface area contributed by atoms with Crippen molar-refractivity contribution in [3.05, 3.63) is 64.7 Å². The molecule has 2 atom stereocenters. The van der Waals surface area contributed by atoms with Gasteiger partial charge in [0.05, 0.1) is 12.2 Å². The number of imide groups is 1. The lowest BCUT2D eigenvalue weighted by atomic mass is 9.35. The smallest absolute Gasteiger partial charge is 0.255 e. The lowest BCUT2D eigenvalue weighted by Crippen LogP contribution is -2.85. The van der Waals surface area contributed by atoms with Gasteiger partial charge in [-0.25, -0.2) is 0 Å². The topological polar surface area (TPSA) is 108 Å². The van der Waals surface area contributed by atoms with Crippen molar-refractivity contribution in [2.75, 3.05) is 0 Å². The van der Waals surface area contributed by atoms with E-state index in [1.165, 1.54) is 4.90 Å². The van der Waals surface area contributed by atoms with Gasteiger partial charge in [-0.15, -0.1) is 0 Å². The van der Waals surface area contributed by atoms with Gasteiger partial charge >= 0.3 is 0 Å². The van der Waals surface area contributed by atoms with Crippen LogP contribution < -0.4 is 10.1 Å². The molecule has 206 valence electrons. The average molecular weight is 548 g/mol. The summed E-state index contributed by atoms with van der Waals surface area (Å²) >= 11 is 0. The normalized spacial score (nSPS) is 26.8. The molecule has 0 saturated carbocycles. The zero-order chi connectivity index (χ0) is 30.0. The van der Waals surface area contributed by atoms with Crippen molar-refractivity contribution in [1.29, 1.82) is 0 Å². The van der Waals surface area contributed by atoms with Crippen LogP contribution in [0.5, 0.6) is 5.75 Å². The van der Waals surface area contributed by atoms with E-state index in [9.17, 15) is 19.5 Å². The Morgan fingerprint density at radius 1 is 0.951 bits per heavy atom. The third-order valence-corrected chi connectivity index (χ3v) is 9.62. The van der Waals surface area contributed by atoms with Crippen molar-refractivity contribution < 1.29 is 29.0 Å². The van der Waals surface area contributed by atoms with Gasteiger partial charge in [-0.3, -0.25) is 24.6 Å². The molecule has 0 aliphatic carbocycles. The van der Waals surface area contributed by atoms with Crippen molar-refractivity contribution in [2.24, 2.45) is 0 Å². The summed E-state index contributed by atoms with van der Waals surface area (Å²) < 4.78 is 12.5. The first-order chi connectivity index (χ1) is 19.0. The molecule has 2 unspecified atom stereocenters. The number of piperidine rings is 1. The first-order valence-electron chi connectivity index (χ1n) is 14.2. The largest absolute Gasteiger partial charge is 0.489 e. The van der Waals surface area contributed by atoms with Gasteiger partial charge in [0.15, 0.2) is 7.85 Å². The summed E-state index contributed by atoms with van der Waals surface area (Å²) in [6, 6.07) is 12.8. The summed E-state index contributed by atoms with van der Waals surface area (Å²) in [6.07, 6.45) is 0.533. The van der Waals surface area contributed by atoms with Gasteiger partial charge in [0.2, 0.25) is 11.8 Å². The van der Waals surface area contributed by atoms with Crippen molar-refractivity contribution >= 4 is 72.6 Å². The van der Waals surface area contributed by atoms with Gasteiger partial charge in [0.1, 0.15) is 65.5 Å². The van der Waals surface area contributed by atoms with Crippen molar-refractivity contribution in [2.45, 2.75) is 60.3 Å². The van der Waals surface area contributed by atoms with E-state index in [0.717, 1.165) is 16.7 Å². The predicted octanol–water partition coefficient (Wildman–Crippen LogP) is -6.10. The number of benzene rings is 2. The molecule has 3 aliphatic heterocycles. The maximum atomic E-state index is 13.1. The molecule has 0 aromatic heterocycles. The highest BCUT2D eigenvalue weighted by Crippen LogP contribution is 2.41. The number of fused-ring (bicyclic) bond motifs is 1. The second-order valence-electron chi connectivity index (χ2n) is 13.1. The van der Waals surface area contributed by atoms with Crippen LogP contribution in [0.3, 0.4) is 0 Å². The van der Waals surface area contributed by atoms with Gasteiger partial charge in [-0.05, 0) is 35.0 Å². The molecule has 3 heterocycles. The van der Waals surface area contributed by atoms with E-state index in [4.69, 9.17) is 9.47 Å². The van der Waals surface area contributed by atoms with E-state index in [0.29, 0.717) is 30.9 Å². The van der Waals surface area contributed by atoms with Gasteiger partial charge in [-0.2, -0.15) is 0 Å². The number of ether oxygens (including phenoxy) is 2.